The molecule has 3 heteroatoms. The Morgan fingerprint density at radius 1 is 1.64 bits per heavy atom. The van der Waals surface area contributed by atoms with Gasteiger partial charge in [-0.1, -0.05) is 6.07 Å². The molecule has 60 valence electrons. The van der Waals surface area contributed by atoms with E-state index >= 15 is 0 Å². The van der Waals surface area contributed by atoms with Crippen molar-refractivity contribution in [2.24, 2.45) is 0 Å². The average Bonchev–Trinajstić information content (AvgIpc) is 2.55. The highest BCUT2D eigenvalue weighted by molar-refractivity contribution is 7.10. The largest absolute Gasteiger partial charge is 0.350 e. The molecule has 1 saturated heterocycles. The van der Waals surface area contributed by atoms with Crippen molar-refractivity contribution < 1.29 is 9.47 Å². The van der Waals surface area contributed by atoms with Crippen LogP contribution in [0.3, 0.4) is 0 Å². The maximum Gasteiger partial charge on any atom is 0.155 e. The van der Waals surface area contributed by atoms with E-state index in [1.165, 1.54) is 4.88 Å². The van der Waals surface area contributed by atoms with Crippen LogP contribution < -0.4 is 0 Å². The molecule has 0 aromatic carbocycles. The number of ether oxygens (including phenoxy) is 2. The minimum Gasteiger partial charge on any atom is -0.350 e. The minimum absolute atomic E-state index is 0.0397. The smallest absolute Gasteiger partial charge is 0.155 e. The van der Waals surface area contributed by atoms with Crippen LogP contribution in [-0.2, 0) is 9.47 Å². The molecule has 1 fully saturated rings. The summed E-state index contributed by atoms with van der Waals surface area (Å²) in [5, 5.41) is 2.06. The second-order valence-electron chi connectivity index (χ2n) is 2.54. The van der Waals surface area contributed by atoms with Gasteiger partial charge in [0.15, 0.2) is 6.29 Å². The molecular weight excluding hydrogens is 160 g/mol. The fourth-order valence-corrected chi connectivity index (χ4v) is 1.90. The Hall–Kier alpha value is -0.380. The SMILES string of the molecule is CC1OCC(c2cccs2)O1. The van der Waals surface area contributed by atoms with Gasteiger partial charge in [-0.15, -0.1) is 11.3 Å². The summed E-state index contributed by atoms with van der Waals surface area (Å²) in [6, 6.07) is 4.11. The number of hydrogen-bond acceptors (Lipinski definition) is 3. The summed E-state index contributed by atoms with van der Waals surface area (Å²) in [5.41, 5.74) is 0. The Morgan fingerprint density at radius 2 is 2.55 bits per heavy atom. The molecule has 2 heterocycles. The molecule has 1 aromatic rings. The molecule has 0 bridgehead atoms. The van der Waals surface area contributed by atoms with Crippen LogP contribution in [0.2, 0.25) is 0 Å². The van der Waals surface area contributed by atoms with Gasteiger partial charge in [-0.3, -0.25) is 0 Å². The third-order valence-electron chi connectivity index (χ3n) is 1.70. The van der Waals surface area contributed by atoms with Crippen LogP contribution in [-0.4, -0.2) is 12.9 Å². The van der Waals surface area contributed by atoms with Crippen molar-refractivity contribution in [1.82, 2.24) is 0 Å². The van der Waals surface area contributed by atoms with Gasteiger partial charge in [-0.25, -0.2) is 0 Å². The van der Waals surface area contributed by atoms with Crippen LogP contribution in [0.5, 0.6) is 0 Å². The Bertz CT molecular complexity index is 220. The van der Waals surface area contributed by atoms with Crippen LogP contribution in [0.1, 0.15) is 17.9 Å². The Kier molecular flexibility index (Phi) is 1.94. The third kappa shape index (κ3) is 1.45. The third-order valence-corrected chi connectivity index (χ3v) is 2.66. The van der Waals surface area contributed by atoms with E-state index in [9.17, 15) is 0 Å². The molecule has 11 heavy (non-hydrogen) atoms. The molecule has 1 aromatic heterocycles. The summed E-state index contributed by atoms with van der Waals surface area (Å²) in [6.45, 7) is 2.62. The zero-order chi connectivity index (χ0) is 7.68. The van der Waals surface area contributed by atoms with Crippen molar-refractivity contribution in [1.29, 1.82) is 0 Å². The Labute approximate surface area is 69.8 Å². The molecule has 2 nitrogen and oxygen atoms in total. The van der Waals surface area contributed by atoms with Gasteiger partial charge in [0.05, 0.1) is 6.61 Å². The molecule has 2 unspecified atom stereocenters. The van der Waals surface area contributed by atoms with E-state index in [0.29, 0.717) is 6.61 Å². The highest BCUT2D eigenvalue weighted by atomic mass is 32.1. The van der Waals surface area contributed by atoms with Crippen molar-refractivity contribution in [3.8, 4) is 0 Å². The number of hydrogen-bond donors (Lipinski definition) is 0. The van der Waals surface area contributed by atoms with Gasteiger partial charge in [-0.05, 0) is 18.4 Å². The first-order valence-corrected chi connectivity index (χ1v) is 4.54. The van der Waals surface area contributed by atoms with Crippen molar-refractivity contribution in [3.63, 3.8) is 0 Å². The van der Waals surface area contributed by atoms with Gasteiger partial charge in [0.2, 0.25) is 0 Å². The molecule has 2 atom stereocenters. The first kappa shape index (κ1) is 7.28. The molecule has 0 spiro atoms. The van der Waals surface area contributed by atoms with Crippen LogP contribution >= 0.6 is 11.3 Å². The second kappa shape index (κ2) is 2.93. The topological polar surface area (TPSA) is 18.5 Å². The Balaban J connectivity index is 2.08. The summed E-state index contributed by atoms with van der Waals surface area (Å²) < 4.78 is 10.8. The normalized spacial score (nSPS) is 31.0. The van der Waals surface area contributed by atoms with Gasteiger partial charge in [-0.2, -0.15) is 0 Å². The van der Waals surface area contributed by atoms with Gasteiger partial charge in [0.1, 0.15) is 6.10 Å². The number of thiophene rings is 1. The summed E-state index contributed by atoms with van der Waals surface area (Å²) in [5.74, 6) is 0. The summed E-state index contributed by atoms with van der Waals surface area (Å²) >= 11 is 1.72. The van der Waals surface area contributed by atoms with Crippen molar-refractivity contribution in [3.05, 3.63) is 22.4 Å². The molecule has 2 rings (SSSR count). The van der Waals surface area contributed by atoms with E-state index in [4.69, 9.17) is 9.47 Å². The van der Waals surface area contributed by atoms with Gasteiger partial charge in [0, 0.05) is 4.88 Å². The first-order valence-electron chi connectivity index (χ1n) is 3.67. The lowest BCUT2D eigenvalue weighted by molar-refractivity contribution is -0.0420. The van der Waals surface area contributed by atoms with Crippen molar-refractivity contribution in [2.45, 2.75) is 19.3 Å². The van der Waals surface area contributed by atoms with E-state index in [-0.39, 0.29) is 12.4 Å². The zero-order valence-corrected chi connectivity index (χ0v) is 7.14. The molecule has 0 aliphatic carbocycles. The van der Waals surface area contributed by atoms with E-state index in [1.54, 1.807) is 11.3 Å². The van der Waals surface area contributed by atoms with E-state index < -0.39 is 0 Å². The second-order valence-corrected chi connectivity index (χ2v) is 3.52. The molecule has 0 radical (unpaired) electrons. The lowest BCUT2D eigenvalue weighted by atomic mass is 10.3. The molecule has 0 N–H and O–H groups in total. The summed E-state index contributed by atoms with van der Waals surface area (Å²) in [4.78, 5) is 1.26. The van der Waals surface area contributed by atoms with Gasteiger partial charge < -0.3 is 9.47 Å². The Morgan fingerprint density at radius 3 is 3.09 bits per heavy atom. The fraction of sp³-hybridized carbons (Fsp3) is 0.500. The maximum atomic E-state index is 5.49. The predicted octanol–water partition coefficient (Wildman–Crippen LogP) is 2.18. The lowest BCUT2D eigenvalue weighted by Gasteiger charge is -2.04. The van der Waals surface area contributed by atoms with Crippen LogP contribution in [0.4, 0.5) is 0 Å². The quantitative estimate of drug-likeness (QED) is 0.643. The maximum absolute atomic E-state index is 5.49. The predicted molar refractivity (Wildman–Crippen MR) is 43.6 cm³/mol. The molecule has 0 amide bonds. The fourth-order valence-electron chi connectivity index (χ4n) is 1.16. The van der Waals surface area contributed by atoms with Crippen LogP contribution in [0.25, 0.3) is 0 Å². The molecule has 0 saturated carbocycles. The van der Waals surface area contributed by atoms with Crippen LogP contribution in [0.15, 0.2) is 17.5 Å². The van der Waals surface area contributed by atoms with E-state index in [1.807, 2.05) is 13.0 Å². The van der Waals surface area contributed by atoms with Gasteiger partial charge >= 0.3 is 0 Å². The first-order chi connectivity index (χ1) is 5.36. The zero-order valence-electron chi connectivity index (χ0n) is 6.32. The van der Waals surface area contributed by atoms with E-state index in [0.717, 1.165) is 0 Å². The molecule has 1 aliphatic heterocycles. The van der Waals surface area contributed by atoms with Gasteiger partial charge in [0.25, 0.3) is 0 Å². The monoisotopic (exact) mass is 170 g/mol. The lowest BCUT2D eigenvalue weighted by Crippen LogP contribution is -2.00. The van der Waals surface area contributed by atoms with Crippen molar-refractivity contribution in [2.75, 3.05) is 6.61 Å². The van der Waals surface area contributed by atoms with E-state index in [2.05, 4.69) is 11.4 Å². The van der Waals surface area contributed by atoms with Crippen LogP contribution in [0, 0.1) is 0 Å². The summed E-state index contributed by atoms with van der Waals surface area (Å²) in [7, 11) is 0. The minimum atomic E-state index is -0.0397. The average molecular weight is 170 g/mol. The summed E-state index contributed by atoms with van der Waals surface area (Å²) in [6.07, 6.45) is 0.132. The van der Waals surface area contributed by atoms with Crippen molar-refractivity contribution >= 4 is 11.3 Å². The highest BCUT2D eigenvalue weighted by Gasteiger charge is 2.24. The molecular formula is C8H10O2S. The number of rotatable bonds is 1. The highest BCUT2D eigenvalue weighted by Crippen LogP contribution is 2.28. The standard InChI is InChI=1S/C8H10O2S/c1-6-9-5-7(10-6)8-3-2-4-11-8/h2-4,6-7H,5H2,1H3. The molecule has 1 aliphatic rings.